The summed E-state index contributed by atoms with van der Waals surface area (Å²) in [4.78, 5) is 27.9. The van der Waals surface area contributed by atoms with Crippen molar-refractivity contribution in [2.45, 2.75) is 19.3 Å². The fraction of sp³-hybridized carbons (Fsp3) is 0.400. The van der Waals surface area contributed by atoms with Crippen LogP contribution in [0.1, 0.15) is 24.8 Å². The number of rotatable bonds is 2. The Morgan fingerprint density at radius 3 is 2.33 bits per heavy atom. The van der Waals surface area contributed by atoms with Gasteiger partial charge in [0.25, 0.3) is 0 Å². The Morgan fingerprint density at radius 2 is 1.58 bits per heavy atom. The third-order valence-electron chi connectivity index (χ3n) is 5.37. The molecular formula is C20H22N2O2. The molecule has 1 heterocycles. The monoisotopic (exact) mass is 322 g/mol. The van der Waals surface area contributed by atoms with E-state index in [9.17, 15) is 9.59 Å². The van der Waals surface area contributed by atoms with E-state index in [4.69, 9.17) is 0 Å². The van der Waals surface area contributed by atoms with Gasteiger partial charge in [0.2, 0.25) is 11.8 Å². The summed E-state index contributed by atoms with van der Waals surface area (Å²) < 4.78 is 0. The summed E-state index contributed by atoms with van der Waals surface area (Å²) >= 11 is 0. The zero-order chi connectivity index (χ0) is 16.7. The molecule has 2 amide bonds. The second kappa shape index (κ2) is 5.93. The van der Waals surface area contributed by atoms with Crippen molar-refractivity contribution in [3.63, 3.8) is 0 Å². The Balaban J connectivity index is 1.46. The minimum absolute atomic E-state index is 0.0992. The molecule has 1 aliphatic carbocycles. The van der Waals surface area contributed by atoms with Crippen molar-refractivity contribution in [3.8, 4) is 0 Å². The predicted octanol–water partition coefficient (Wildman–Crippen LogP) is 2.63. The van der Waals surface area contributed by atoms with Crippen LogP contribution in [0.2, 0.25) is 0 Å². The molecule has 4 nitrogen and oxygen atoms in total. The number of benzene rings is 2. The van der Waals surface area contributed by atoms with Crippen LogP contribution in [0.5, 0.6) is 0 Å². The molecule has 1 saturated carbocycles. The first-order valence-electron chi connectivity index (χ1n) is 8.67. The van der Waals surface area contributed by atoms with Gasteiger partial charge in [0.15, 0.2) is 0 Å². The molecule has 1 aliphatic heterocycles. The highest BCUT2D eigenvalue weighted by molar-refractivity contribution is 5.89. The molecule has 124 valence electrons. The van der Waals surface area contributed by atoms with Gasteiger partial charge < -0.3 is 9.80 Å². The Hall–Kier alpha value is -2.36. The van der Waals surface area contributed by atoms with E-state index in [0.29, 0.717) is 32.1 Å². The van der Waals surface area contributed by atoms with Gasteiger partial charge in [-0.05, 0) is 28.7 Å². The average molecular weight is 322 g/mol. The first-order chi connectivity index (χ1) is 11.6. The number of piperazine rings is 1. The lowest BCUT2D eigenvalue weighted by molar-refractivity contribution is -0.139. The van der Waals surface area contributed by atoms with Crippen LogP contribution in [0.3, 0.4) is 0 Å². The summed E-state index contributed by atoms with van der Waals surface area (Å²) in [5, 5.41) is 2.50. The van der Waals surface area contributed by atoms with Crippen LogP contribution < -0.4 is 0 Å². The van der Waals surface area contributed by atoms with Crippen LogP contribution in [-0.4, -0.2) is 47.8 Å². The maximum atomic E-state index is 12.8. The van der Waals surface area contributed by atoms with Crippen molar-refractivity contribution >= 4 is 22.6 Å². The lowest BCUT2D eigenvalue weighted by Crippen LogP contribution is -2.50. The van der Waals surface area contributed by atoms with E-state index in [1.165, 1.54) is 16.3 Å². The summed E-state index contributed by atoms with van der Waals surface area (Å²) in [6.07, 6.45) is 0.944. The Morgan fingerprint density at radius 1 is 0.917 bits per heavy atom. The second-order valence-corrected chi connectivity index (χ2v) is 6.85. The zero-order valence-electron chi connectivity index (χ0n) is 13.9. The molecule has 2 aromatic carbocycles. The van der Waals surface area contributed by atoms with Gasteiger partial charge in [0, 0.05) is 39.0 Å². The maximum absolute atomic E-state index is 12.8. The van der Waals surface area contributed by atoms with Gasteiger partial charge in [-0.15, -0.1) is 0 Å². The number of hydrogen-bond donors (Lipinski definition) is 0. The number of hydrogen-bond acceptors (Lipinski definition) is 2. The molecule has 4 rings (SSSR count). The lowest BCUT2D eigenvalue weighted by Gasteiger charge is -2.34. The summed E-state index contributed by atoms with van der Waals surface area (Å²) in [5.74, 6) is 0.812. The zero-order valence-corrected chi connectivity index (χ0v) is 13.9. The highest BCUT2D eigenvalue weighted by atomic mass is 16.2. The Bertz CT molecular complexity index is 788. The van der Waals surface area contributed by atoms with E-state index in [2.05, 4.69) is 42.5 Å². The first kappa shape index (κ1) is 15.2. The largest absolute Gasteiger partial charge is 0.339 e. The molecule has 0 unspecified atom stereocenters. The molecule has 2 aromatic rings. The van der Waals surface area contributed by atoms with E-state index >= 15 is 0 Å². The molecule has 0 bridgehead atoms. The van der Waals surface area contributed by atoms with Crippen molar-refractivity contribution < 1.29 is 9.59 Å². The number of carbonyl (C=O) groups excluding carboxylic acids is 2. The van der Waals surface area contributed by atoms with E-state index < -0.39 is 0 Å². The molecule has 0 N–H and O–H groups in total. The van der Waals surface area contributed by atoms with Crippen LogP contribution in [0.15, 0.2) is 42.5 Å². The topological polar surface area (TPSA) is 40.6 Å². The molecule has 0 aromatic heterocycles. The molecule has 4 heteroatoms. The van der Waals surface area contributed by atoms with Gasteiger partial charge in [-0.3, -0.25) is 9.59 Å². The molecular weight excluding hydrogens is 300 g/mol. The molecule has 2 fully saturated rings. The molecule has 0 spiro atoms. The maximum Gasteiger partial charge on any atom is 0.226 e. The number of fused-ring (bicyclic) bond motifs is 1. The SMILES string of the molecule is CC(=O)N1CCN(C(=O)[C@H]2C[C@@H]2c2cccc3ccccc23)CC1. The summed E-state index contributed by atoms with van der Waals surface area (Å²) in [6.45, 7) is 4.24. The van der Waals surface area contributed by atoms with Crippen molar-refractivity contribution in [1.29, 1.82) is 0 Å². The minimum atomic E-state index is 0.0992. The van der Waals surface area contributed by atoms with Crippen LogP contribution in [0, 0.1) is 5.92 Å². The summed E-state index contributed by atoms with van der Waals surface area (Å²) in [6, 6.07) is 14.8. The van der Waals surface area contributed by atoms with E-state index in [1.54, 1.807) is 6.92 Å². The van der Waals surface area contributed by atoms with Crippen molar-refractivity contribution in [2.24, 2.45) is 5.92 Å². The van der Waals surface area contributed by atoms with Gasteiger partial charge >= 0.3 is 0 Å². The first-order valence-corrected chi connectivity index (χ1v) is 8.67. The third-order valence-corrected chi connectivity index (χ3v) is 5.37. The minimum Gasteiger partial charge on any atom is -0.339 e. The quantitative estimate of drug-likeness (QED) is 0.853. The Kier molecular flexibility index (Phi) is 3.75. The van der Waals surface area contributed by atoms with Crippen LogP contribution in [0.25, 0.3) is 10.8 Å². The molecule has 1 saturated heterocycles. The molecule has 2 aliphatic rings. The van der Waals surface area contributed by atoms with Gasteiger partial charge in [0.05, 0.1) is 0 Å². The lowest BCUT2D eigenvalue weighted by atomic mass is 10.00. The highest BCUT2D eigenvalue weighted by Crippen LogP contribution is 2.50. The third kappa shape index (κ3) is 2.66. The Labute approximate surface area is 142 Å². The molecule has 0 radical (unpaired) electrons. The van der Waals surface area contributed by atoms with Crippen LogP contribution in [-0.2, 0) is 9.59 Å². The van der Waals surface area contributed by atoms with Crippen molar-refractivity contribution in [1.82, 2.24) is 9.80 Å². The van der Waals surface area contributed by atoms with Crippen LogP contribution >= 0.6 is 0 Å². The normalized spacial score (nSPS) is 23.4. The van der Waals surface area contributed by atoms with Crippen LogP contribution in [0.4, 0.5) is 0 Å². The fourth-order valence-electron chi connectivity index (χ4n) is 3.86. The van der Waals surface area contributed by atoms with Gasteiger partial charge in [-0.1, -0.05) is 42.5 Å². The second-order valence-electron chi connectivity index (χ2n) is 6.85. The fourth-order valence-corrected chi connectivity index (χ4v) is 3.86. The predicted molar refractivity (Wildman–Crippen MR) is 93.6 cm³/mol. The van der Waals surface area contributed by atoms with Gasteiger partial charge in [0.1, 0.15) is 0 Å². The van der Waals surface area contributed by atoms with Crippen molar-refractivity contribution in [2.75, 3.05) is 26.2 Å². The number of amides is 2. The van der Waals surface area contributed by atoms with E-state index in [1.807, 2.05) is 9.80 Å². The van der Waals surface area contributed by atoms with E-state index in [-0.39, 0.29) is 17.7 Å². The van der Waals surface area contributed by atoms with Crippen molar-refractivity contribution in [3.05, 3.63) is 48.0 Å². The van der Waals surface area contributed by atoms with Gasteiger partial charge in [-0.25, -0.2) is 0 Å². The highest BCUT2D eigenvalue weighted by Gasteiger charge is 2.46. The average Bonchev–Trinajstić information content (AvgIpc) is 3.41. The van der Waals surface area contributed by atoms with E-state index in [0.717, 1.165) is 6.42 Å². The summed E-state index contributed by atoms with van der Waals surface area (Å²) in [5.41, 5.74) is 1.30. The standard InChI is InChI=1S/C20H22N2O2/c1-14(23)21-9-11-22(12-10-21)20(24)19-13-18(19)17-8-4-6-15-5-2-3-7-16(15)17/h2-8,18-19H,9-13H2,1H3/t18-,19+/m1/s1. The number of nitrogens with zero attached hydrogens (tertiary/aromatic N) is 2. The molecule has 2 atom stereocenters. The smallest absolute Gasteiger partial charge is 0.226 e. The number of carbonyl (C=O) groups is 2. The summed E-state index contributed by atoms with van der Waals surface area (Å²) in [7, 11) is 0. The van der Waals surface area contributed by atoms with Gasteiger partial charge in [-0.2, -0.15) is 0 Å². The molecule has 24 heavy (non-hydrogen) atoms.